The van der Waals surface area contributed by atoms with Crippen molar-refractivity contribution in [2.45, 2.75) is 52.6 Å². The van der Waals surface area contributed by atoms with Crippen LogP contribution in [0.3, 0.4) is 0 Å². The van der Waals surface area contributed by atoms with E-state index in [1.807, 2.05) is 45.9 Å². The van der Waals surface area contributed by atoms with E-state index in [2.05, 4.69) is 20.9 Å². The second-order valence-electron chi connectivity index (χ2n) is 9.26. The summed E-state index contributed by atoms with van der Waals surface area (Å²) in [5.74, 6) is -1.25. The first-order valence-electron chi connectivity index (χ1n) is 10.5. The summed E-state index contributed by atoms with van der Waals surface area (Å²) in [4.78, 5) is 52.4. The van der Waals surface area contributed by atoms with Gasteiger partial charge in [0, 0.05) is 23.4 Å². The van der Waals surface area contributed by atoms with Crippen molar-refractivity contribution in [2.75, 3.05) is 6.54 Å². The lowest BCUT2D eigenvalue weighted by Gasteiger charge is -2.31. The lowest BCUT2D eigenvalue weighted by Crippen LogP contribution is -2.56. The second kappa shape index (κ2) is 8.91. The van der Waals surface area contributed by atoms with Crippen LogP contribution >= 0.6 is 0 Å². The quantitative estimate of drug-likeness (QED) is 0.505. The molecule has 1 aromatic carbocycles. The molecule has 8 nitrogen and oxygen atoms in total. The Morgan fingerprint density at radius 3 is 2.58 bits per heavy atom. The molecule has 1 saturated heterocycles. The number of aryl methyl sites for hydroxylation is 1. The lowest BCUT2D eigenvalue weighted by atomic mass is 9.85. The zero-order valence-electron chi connectivity index (χ0n) is 18.4. The first-order chi connectivity index (χ1) is 14.6. The Kier molecular flexibility index (Phi) is 6.48. The highest BCUT2D eigenvalue weighted by Crippen LogP contribution is 2.23. The Balaban J connectivity index is 1.73. The Morgan fingerprint density at radius 1 is 1.26 bits per heavy atom. The molecule has 0 saturated carbocycles. The Hall–Kier alpha value is -3.16. The fourth-order valence-corrected chi connectivity index (χ4v) is 3.90. The van der Waals surface area contributed by atoms with E-state index in [4.69, 9.17) is 0 Å². The lowest BCUT2D eigenvalue weighted by molar-refractivity contribution is -0.129. The molecule has 8 heteroatoms. The standard InChI is InChI=1S/C23H30N4O4/c1-13-6-5-7-17-16(13)11-18(26-17)21(30)27-19(23(2,3)4)22(31)25-15(12-28)10-14-8-9-24-20(14)29/h5-7,11-12,14-15,19,26H,8-10H2,1-4H3,(H,24,29)(H,25,31)(H,27,30)/t14-,15-,19+/m0/s1. The summed E-state index contributed by atoms with van der Waals surface area (Å²) in [7, 11) is 0. The van der Waals surface area contributed by atoms with Crippen molar-refractivity contribution >= 4 is 34.9 Å². The highest BCUT2D eigenvalue weighted by atomic mass is 16.2. The van der Waals surface area contributed by atoms with Crippen LogP contribution in [0.15, 0.2) is 24.3 Å². The topological polar surface area (TPSA) is 120 Å². The highest BCUT2D eigenvalue weighted by Gasteiger charge is 2.35. The van der Waals surface area contributed by atoms with Crippen LogP contribution in [0.25, 0.3) is 10.9 Å². The minimum Gasteiger partial charge on any atom is -0.356 e. The van der Waals surface area contributed by atoms with Gasteiger partial charge in [0.25, 0.3) is 5.91 Å². The van der Waals surface area contributed by atoms with Gasteiger partial charge in [0.2, 0.25) is 11.8 Å². The number of fused-ring (bicyclic) bond motifs is 1. The molecule has 0 spiro atoms. The van der Waals surface area contributed by atoms with Crippen molar-refractivity contribution in [1.82, 2.24) is 20.9 Å². The monoisotopic (exact) mass is 426 g/mol. The number of nitrogens with one attached hydrogen (secondary N) is 4. The summed E-state index contributed by atoms with van der Waals surface area (Å²) >= 11 is 0. The average Bonchev–Trinajstić information content (AvgIpc) is 3.31. The molecule has 3 amide bonds. The van der Waals surface area contributed by atoms with Crippen LogP contribution in [0.4, 0.5) is 0 Å². The highest BCUT2D eigenvalue weighted by molar-refractivity contribution is 6.01. The maximum atomic E-state index is 13.0. The number of aldehydes is 1. The smallest absolute Gasteiger partial charge is 0.268 e. The molecule has 3 rings (SSSR count). The van der Waals surface area contributed by atoms with Crippen LogP contribution in [-0.2, 0) is 14.4 Å². The molecule has 0 aliphatic carbocycles. The molecular formula is C23H30N4O4. The maximum Gasteiger partial charge on any atom is 0.268 e. The number of aromatic amines is 1. The molecule has 0 unspecified atom stereocenters. The van der Waals surface area contributed by atoms with E-state index in [9.17, 15) is 19.2 Å². The van der Waals surface area contributed by atoms with Crippen molar-refractivity contribution < 1.29 is 19.2 Å². The molecule has 31 heavy (non-hydrogen) atoms. The third kappa shape index (κ3) is 5.13. The molecule has 1 fully saturated rings. The zero-order chi connectivity index (χ0) is 22.8. The van der Waals surface area contributed by atoms with Gasteiger partial charge >= 0.3 is 0 Å². The molecule has 0 bridgehead atoms. The van der Waals surface area contributed by atoms with Crippen molar-refractivity contribution in [1.29, 1.82) is 0 Å². The molecule has 0 radical (unpaired) electrons. The minimum absolute atomic E-state index is 0.101. The van der Waals surface area contributed by atoms with Crippen LogP contribution < -0.4 is 16.0 Å². The number of carbonyl (C=O) groups excluding carboxylic acids is 4. The van der Waals surface area contributed by atoms with Gasteiger partial charge in [-0.2, -0.15) is 0 Å². The molecule has 2 aromatic rings. The Bertz CT molecular complexity index is 1000. The van der Waals surface area contributed by atoms with Crippen molar-refractivity contribution in [3.63, 3.8) is 0 Å². The van der Waals surface area contributed by atoms with Crippen LogP contribution in [0, 0.1) is 18.3 Å². The van der Waals surface area contributed by atoms with E-state index in [0.717, 1.165) is 16.5 Å². The number of H-pyrrole nitrogens is 1. The summed E-state index contributed by atoms with van der Waals surface area (Å²) in [5, 5.41) is 9.18. The molecule has 1 aliphatic heterocycles. The van der Waals surface area contributed by atoms with Gasteiger partial charge in [0.1, 0.15) is 18.0 Å². The molecule has 3 atom stereocenters. The largest absolute Gasteiger partial charge is 0.356 e. The predicted molar refractivity (Wildman–Crippen MR) is 117 cm³/mol. The van der Waals surface area contributed by atoms with Crippen molar-refractivity contribution in [3.8, 4) is 0 Å². The first kappa shape index (κ1) is 22.5. The van der Waals surface area contributed by atoms with E-state index in [0.29, 0.717) is 24.9 Å². The zero-order valence-corrected chi connectivity index (χ0v) is 18.4. The number of hydrogen-bond acceptors (Lipinski definition) is 4. The number of amides is 3. The van der Waals surface area contributed by atoms with E-state index < -0.39 is 29.3 Å². The van der Waals surface area contributed by atoms with E-state index in [1.165, 1.54) is 0 Å². The summed E-state index contributed by atoms with van der Waals surface area (Å²) < 4.78 is 0. The van der Waals surface area contributed by atoms with E-state index in [-0.39, 0.29) is 18.2 Å². The first-order valence-corrected chi connectivity index (χ1v) is 10.5. The number of hydrogen-bond donors (Lipinski definition) is 4. The number of rotatable bonds is 7. The number of aromatic nitrogens is 1. The third-order valence-electron chi connectivity index (χ3n) is 5.72. The van der Waals surface area contributed by atoms with Gasteiger partial charge in [-0.1, -0.05) is 32.9 Å². The molecular weight excluding hydrogens is 396 g/mol. The number of carbonyl (C=O) groups is 4. The van der Waals surface area contributed by atoms with Crippen LogP contribution in [0.2, 0.25) is 0 Å². The molecule has 166 valence electrons. The molecule has 2 heterocycles. The third-order valence-corrected chi connectivity index (χ3v) is 5.72. The van der Waals surface area contributed by atoms with Gasteiger partial charge in [-0.25, -0.2) is 0 Å². The fraction of sp³-hybridized carbons (Fsp3) is 0.478. The minimum atomic E-state index is -0.868. The second-order valence-corrected chi connectivity index (χ2v) is 9.26. The van der Waals surface area contributed by atoms with Gasteiger partial charge in [0.15, 0.2) is 0 Å². The Labute approximate surface area is 181 Å². The fourth-order valence-electron chi connectivity index (χ4n) is 3.90. The summed E-state index contributed by atoms with van der Waals surface area (Å²) in [5.41, 5.74) is 1.65. The van der Waals surface area contributed by atoms with E-state index >= 15 is 0 Å². The normalized spacial score (nSPS) is 18.3. The SMILES string of the molecule is Cc1cccc2[nH]c(C(=O)N[C@H](C(=O)N[C@H](C=O)C[C@@H]3CCNC3=O)C(C)(C)C)cc12. The van der Waals surface area contributed by atoms with Crippen molar-refractivity contribution in [3.05, 3.63) is 35.5 Å². The molecule has 1 aromatic heterocycles. The van der Waals surface area contributed by atoms with Crippen LogP contribution in [0.5, 0.6) is 0 Å². The van der Waals surface area contributed by atoms with Crippen LogP contribution in [0.1, 0.15) is 49.7 Å². The summed E-state index contributed by atoms with van der Waals surface area (Å²) in [6.07, 6.45) is 1.52. The van der Waals surface area contributed by atoms with Crippen molar-refractivity contribution in [2.24, 2.45) is 11.3 Å². The average molecular weight is 427 g/mol. The maximum absolute atomic E-state index is 13.0. The molecule has 1 aliphatic rings. The van der Waals surface area contributed by atoms with Gasteiger partial charge in [-0.05, 0) is 42.9 Å². The van der Waals surface area contributed by atoms with Gasteiger partial charge in [-0.15, -0.1) is 0 Å². The van der Waals surface area contributed by atoms with Crippen LogP contribution in [-0.4, -0.2) is 47.6 Å². The van der Waals surface area contributed by atoms with E-state index in [1.54, 1.807) is 6.07 Å². The molecule has 4 N–H and O–H groups in total. The summed E-state index contributed by atoms with van der Waals surface area (Å²) in [6.45, 7) is 8.06. The van der Waals surface area contributed by atoms with Gasteiger partial charge in [0.05, 0.1) is 6.04 Å². The Morgan fingerprint density at radius 2 is 2.00 bits per heavy atom. The van der Waals surface area contributed by atoms with Gasteiger partial charge in [-0.3, -0.25) is 14.4 Å². The van der Waals surface area contributed by atoms with Gasteiger partial charge < -0.3 is 25.7 Å². The number of benzene rings is 1. The summed E-state index contributed by atoms with van der Waals surface area (Å²) in [6, 6.07) is 5.87. The predicted octanol–water partition coefficient (Wildman–Crippen LogP) is 1.83.